The highest BCUT2D eigenvalue weighted by Gasteiger charge is 2.27. The van der Waals surface area contributed by atoms with Gasteiger partial charge in [-0.1, -0.05) is 0 Å². The molecule has 15 heavy (non-hydrogen) atoms. The van der Waals surface area contributed by atoms with Crippen LogP contribution in [0.4, 0.5) is 8.78 Å². The van der Waals surface area contributed by atoms with Crippen LogP contribution >= 0.6 is 0 Å². The van der Waals surface area contributed by atoms with E-state index in [-0.39, 0.29) is 31.1 Å². The van der Waals surface area contributed by atoms with E-state index in [1.54, 1.807) is 0 Å². The van der Waals surface area contributed by atoms with Crippen molar-refractivity contribution in [3.05, 3.63) is 0 Å². The van der Waals surface area contributed by atoms with E-state index in [1.807, 2.05) is 0 Å². The van der Waals surface area contributed by atoms with Crippen LogP contribution in [-0.2, 0) is 9.53 Å². The maximum Gasteiger partial charge on any atom is 0.261 e. The number of carbonyl (C=O) groups excluding carboxylic acids is 1. The first kappa shape index (κ1) is 12.3. The van der Waals surface area contributed by atoms with Crippen LogP contribution in [0.3, 0.4) is 0 Å². The summed E-state index contributed by atoms with van der Waals surface area (Å²) in [5.74, 6) is -0.221. The summed E-state index contributed by atoms with van der Waals surface area (Å²) in [5.41, 5.74) is 0. The third-order valence-electron chi connectivity index (χ3n) is 2.20. The first-order chi connectivity index (χ1) is 7.08. The number of carbonyl (C=O) groups is 1. The summed E-state index contributed by atoms with van der Waals surface area (Å²) in [6.45, 7) is -0.624. The lowest BCUT2D eigenvalue weighted by Crippen LogP contribution is -2.46. The molecule has 0 radical (unpaired) electrons. The Balaban J connectivity index is 1.94. The molecule has 1 aliphatic carbocycles. The number of ether oxygens (including phenoxy) is 1. The number of hydrogen-bond acceptors (Lipinski definition) is 3. The molecule has 0 spiro atoms. The molecule has 0 atom stereocenters. The number of hydrogen-bond donors (Lipinski definition) is 2. The summed E-state index contributed by atoms with van der Waals surface area (Å²) >= 11 is 0. The van der Waals surface area contributed by atoms with Crippen LogP contribution in [0.5, 0.6) is 0 Å². The number of rotatable bonds is 6. The summed E-state index contributed by atoms with van der Waals surface area (Å²) in [6.07, 6.45) is -1.58. The topological polar surface area (TPSA) is 58.6 Å². The molecule has 0 aromatic heterocycles. The SMILES string of the molecule is O=C(CCOCC(F)F)NC1CC(O)C1. The second-order valence-electron chi connectivity index (χ2n) is 3.61. The molecule has 2 N–H and O–H groups in total. The highest BCUT2D eigenvalue weighted by Crippen LogP contribution is 2.19. The van der Waals surface area contributed by atoms with Crippen LogP contribution in [0.1, 0.15) is 19.3 Å². The Labute approximate surface area is 86.6 Å². The van der Waals surface area contributed by atoms with Crippen molar-refractivity contribution in [2.45, 2.75) is 37.8 Å². The quantitative estimate of drug-likeness (QED) is 0.637. The van der Waals surface area contributed by atoms with Crippen molar-refractivity contribution in [1.29, 1.82) is 0 Å². The lowest BCUT2D eigenvalue weighted by Gasteiger charge is -2.31. The van der Waals surface area contributed by atoms with Gasteiger partial charge in [0.1, 0.15) is 6.61 Å². The van der Waals surface area contributed by atoms with E-state index < -0.39 is 13.0 Å². The van der Waals surface area contributed by atoms with Crippen LogP contribution in [0.15, 0.2) is 0 Å². The van der Waals surface area contributed by atoms with Crippen molar-refractivity contribution < 1.29 is 23.4 Å². The van der Waals surface area contributed by atoms with Crippen LogP contribution in [0, 0.1) is 0 Å². The Morgan fingerprint density at radius 1 is 1.53 bits per heavy atom. The summed E-state index contributed by atoms with van der Waals surface area (Å²) in [4.78, 5) is 11.1. The average molecular weight is 223 g/mol. The molecule has 1 fully saturated rings. The van der Waals surface area contributed by atoms with Crippen LogP contribution in [0.2, 0.25) is 0 Å². The Morgan fingerprint density at radius 3 is 2.73 bits per heavy atom. The number of alkyl halides is 2. The van der Waals surface area contributed by atoms with Crippen molar-refractivity contribution >= 4 is 5.91 Å². The summed E-state index contributed by atoms with van der Waals surface area (Å²) in [6, 6.07) is 0.0302. The molecule has 4 nitrogen and oxygen atoms in total. The van der Waals surface area contributed by atoms with Crippen LogP contribution < -0.4 is 5.32 Å². The fraction of sp³-hybridized carbons (Fsp3) is 0.889. The maximum atomic E-state index is 11.6. The minimum atomic E-state index is -2.49. The molecule has 0 bridgehead atoms. The van der Waals surface area contributed by atoms with Gasteiger partial charge in [-0.05, 0) is 12.8 Å². The fourth-order valence-electron chi connectivity index (χ4n) is 1.34. The molecule has 1 amide bonds. The van der Waals surface area contributed by atoms with E-state index in [1.165, 1.54) is 0 Å². The Bertz CT molecular complexity index is 208. The second-order valence-corrected chi connectivity index (χ2v) is 3.61. The normalized spacial score (nSPS) is 25.1. The number of amides is 1. The van der Waals surface area contributed by atoms with Crippen molar-refractivity contribution in [2.24, 2.45) is 0 Å². The standard InChI is InChI=1S/C9H15F2NO3/c10-8(11)5-15-2-1-9(14)12-6-3-7(13)4-6/h6-8,13H,1-5H2,(H,12,14). The molecular formula is C9H15F2NO3. The third kappa shape index (κ3) is 5.03. The summed E-state index contributed by atoms with van der Waals surface area (Å²) in [5, 5.41) is 11.6. The van der Waals surface area contributed by atoms with Gasteiger partial charge < -0.3 is 15.2 Å². The zero-order chi connectivity index (χ0) is 11.3. The molecule has 0 aromatic carbocycles. The van der Waals surface area contributed by atoms with Gasteiger partial charge in [0.25, 0.3) is 6.43 Å². The molecule has 1 saturated carbocycles. The number of aliphatic hydroxyl groups is 1. The summed E-state index contributed by atoms with van der Waals surface area (Å²) in [7, 11) is 0. The van der Waals surface area contributed by atoms with E-state index in [2.05, 4.69) is 10.1 Å². The van der Waals surface area contributed by atoms with E-state index >= 15 is 0 Å². The smallest absolute Gasteiger partial charge is 0.261 e. The number of halogens is 2. The predicted molar refractivity (Wildman–Crippen MR) is 48.6 cm³/mol. The van der Waals surface area contributed by atoms with Crippen molar-refractivity contribution in [1.82, 2.24) is 5.32 Å². The predicted octanol–water partition coefficient (Wildman–Crippen LogP) is 0.298. The first-order valence-corrected chi connectivity index (χ1v) is 4.91. The van der Waals surface area contributed by atoms with Gasteiger partial charge >= 0.3 is 0 Å². The molecule has 0 unspecified atom stereocenters. The molecular weight excluding hydrogens is 208 g/mol. The fourth-order valence-corrected chi connectivity index (χ4v) is 1.34. The van der Waals surface area contributed by atoms with Crippen molar-refractivity contribution in [2.75, 3.05) is 13.2 Å². The summed E-state index contributed by atoms with van der Waals surface area (Å²) < 4.78 is 27.8. The Kier molecular flexibility index (Phi) is 4.90. The van der Waals surface area contributed by atoms with Crippen molar-refractivity contribution in [3.63, 3.8) is 0 Å². The van der Waals surface area contributed by atoms with Gasteiger partial charge in [-0.3, -0.25) is 4.79 Å². The Hall–Kier alpha value is -0.750. The van der Waals surface area contributed by atoms with Crippen LogP contribution in [-0.4, -0.2) is 42.8 Å². The van der Waals surface area contributed by atoms with Gasteiger partial charge in [0.2, 0.25) is 5.91 Å². The molecule has 88 valence electrons. The lowest BCUT2D eigenvalue weighted by molar-refractivity contribution is -0.124. The zero-order valence-corrected chi connectivity index (χ0v) is 8.29. The zero-order valence-electron chi connectivity index (χ0n) is 8.29. The van der Waals surface area contributed by atoms with Gasteiger partial charge in [0, 0.05) is 12.5 Å². The lowest BCUT2D eigenvalue weighted by atomic mass is 9.89. The second kappa shape index (κ2) is 5.97. The van der Waals surface area contributed by atoms with Crippen molar-refractivity contribution in [3.8, 4) is 0 Å². The van der Waals surface area contributed by atoms with Crippen LogP contribution in [0.25, 0.3) is 0 Å². The van der Waals surface area contributed by atoms with Gasteiger partial charge in [-0.2, -0.15) is 0 Å². The largest absolute Gasteiger partial charge is 0.393 e. The van der Waals surface area contributed by atoms with E-state index in [0.717, 1.165) is 0 Å². The van der Waals surface area contributed by atoms with Gasteiger partial charge in [0.15, 0.2) is 0 Å². The maximum absolute atomic E-state index is 11.6. The van der Waals surface area contributed by atoms with E-state index in [9.17, 15) is 13.6 Å². The number of nitrogens with one attached hydrogen (secondary N) is 1. The molecule has 6 heteroatoms. The molecule has 1 aliphatic rings. The minimum absolute atomic E-state index is 0.00540. The monoisotopic (exact) mass is 223 g/mol. The Morgan fingerprint density at radius 2 is 2.20 bits per heavy atom. The van der Waals surface area contributed by atoms with Gasteiger partial charge in [-0.15, -0.1) is 0 Å². The minimum Gasteiger partial charge on any atom is -0.393 e. The molecule has 0 saturated heterocycles. The highest BCUT2D eigenvalue weighted by atomic mass is 19.3. The van der Waals surface area contributed by atoms with Gasteiger partial charge in [0.05, 0.1) is 12.7 Å². The number of aliphatic hydroxyl groups excluding tert-OH is 1. The molecule has 0 heterocycles. The van der Waals surface area contributed by atoms with E-state index in [0.29, 0.717) is 12.8 Å². The molecule has 0 aliphatic heterocycles. The molecule has 1 rings (SSSR count). The van der Waals surface area contributed by atoms with Gasteiger partial charge in [-0.25, -0.2) is 8.78 Å². The van der Waals surface area contributed by atoms with E-state index in [4.69, 9.17) is 5.11 Å². The molecule has 0 aromatic rings. The third-order valence-corrected chi connectivity index (χ3v) is 2.20. The highest BCUT2D eigenvalue weighted by molar-refractivity contribution is 5.76. The average Bonchev–Trinajstić information content (AvgIpc) is 2.10. The first-order valence-electron chi connectivity index (χ1n) is 4.91.